The predicted octanol–water partition coefficient (Wildman–Crippen LogP) is 3.56. The highest BCUT2D eigenvalue weighted by molar-refractivity contribution is 5.24. The molecule has 0 amide bonds. The average Bonchev–Trinajstić information content (AvgIpc) is 2.46. The molecule has 0 aromatic heterocycles. The van der Waals surface area contributed by atoms with E-state index < -0.39 is 0 Å². The number of rotatable bonds is 5. The molecule has 1 unspecified atom stereocenters. The molecule has 19 heavy (non-hydrogen) atoms. The molecule has 0 aliphatic rings. The normalized spacial score (nSPS) is 12.4. The van der Waals surface area contributed by atoms with E-state index in [1.807, 2.05) is 43.3 Å². The first-order valence-electron chi connectivity index (χ1n) is 6.34. The number of nitrogens with two attached hydrogens (primary N) is 1. The van der Waals surface area contributed by atoms with Crippen LogP contribution in [0, 0.1) is 5.82 Å². The summed E-state index contributed by atoms with van der Waals surface area (Å²) in [6, 6.07) is 14.9. The zero-order valence-corrected chi connectivity index (χ0v) is 11.0. The third kappa shape index (κ3) is 3.63. The summed E-state index contributed by atoms with van der Waals surface area (Å²) in [6.07, 6.45) is -0.0604. The predicted molar refractivity (Wildman–Crippen MR) is 73.9 cm³/mol. The van der Waals surface area contributed by atoms with Crippen molar-refractivity contribution in [3.8, 4) is 0 Å². The molecular formula is C16H18FNO. The van der Waals surface area contributed by atoms with Gasteiger partial charge in [0.15, 0.2) is 0 Å². The number of hydrogen-bond donors (Lipinski definition) is 1. The lowest BCUT2D eigenvalue weighted by atomic mass is 10.1. The van der Waals surface area contributed by atoms with Crippen LogP contribution in [0.25, 0.3) is 0 Å². The van der Waals surface area contributed by atoms with Gasteiger partial charge in [-0.25, -0.2) is 4.39 Å². The van der Waals surface area contributed by atoms with E-state index in [1.54, 1.807) is 6.07 Å². The molecule has 2 aromatic carbocycles. The minimum absolute atomic E-state index is 0.0604. The van der Waals surface area contributed by atoms with E-state index in [4.69, 9.17) is 10.5 Å². The third-order valence-corrected chi connectivity index (χ3v) is 3.11. The summed E-state index contributed by atoms with van der Waals surface area (Å²) in [5.74, 6) is -0.261. The molecular weight excluding hydrogens is 241 g/mol. The topological polar surface area (TPSA) is 35.2 Å². The smallest absolute Gasteiger partial charge is 0.129 e. The Kier molecular flexibility index (Phi) is 4.66. The Morgan fingerprint density at radius 1 is 1.16 bits per heavy atom. The Morgan fingerprint density at radius 2 is 1.89 bits per heavy atom. The second-order valence-corrected chi connectivity index (χ2v) is 4.49. The van der Waals surface area contributed by atoms with Crippen LogP contribution in [-0.4, -0.2) is 0 Å². The fourth-order valence-electron chi connectivity index (χ4n) is 1.87. The van der Waals surface area contributed by atoms with Crippen molar-refractivity contribution in [2.24, 2.45) is 5.73 Å². The third-order valence-electron chi connectivity index (χ3n) is 3.11. The highest BCUT2D eigenvalue weighted by atomic mass is 19.1. The van der Waals surface area contributed by atoms with Crippen molar-refractivity contribution >= 4 is 0 Å². The monoisotopic (exact) mass is 259 g/mol. The molecule has 0 saturated carbocycles. The Bertz CT molecular complexity index is 528. The van der Waals surface area contributed by atoms with Gasteiger partial charge in [0.05, 0.1) is 12.7 Å². The fraction of sp³-hybridized carbons (Fsp3) is 0.250. The summed E-state index contributed by atoms with van der Waals surface area (Å²) in [5.41, 5.74) is 7.90. The molecule has 0 spiro atoms. The Labute approximate surface area is 113 Å². The number of ether oxygens (including phenoxy) is 1. The van der Waals surface area contributed by atoms with Crippen LogP contribution in [0.15, 0.2) is 48.5 Å². The van der Waals surface area contributed by atoms with Gasteiger partial charge in [-0.2, -0.15) is 0 Å². The van der Waals surface area contributed by atoms with Gasteiger partial charge in [0, 0.05) is 12.1 Å². The summed E-state index contributed by atoms with van der Waals surface area (Å²) in [5, 5.41) is 0. The molecule has 100 valence electrons. The SMILES string of the molecule is CC(OCc1ccc(CN)cc1F)c1ccccc1. The summed E-state index contributed by atoms with van der Waals surface area (Å²) < 4.78 is 19.5. The van der Waals surface area contributed by atoms with E-state index in [1.165, 1.54) is 6.07 Å². The molecule has 1 atom stereocenters. The Balaban J connectivity index is 1.99. The molecule has 2 N–H and O–H groups in total. The molecule has 2 rings (SSSR count). The van der Waals surface area contributed by atoms with Gasteiger partial charge in [-0.3, -0.25) is 0 Å². The molecule has 0 aliphatic heterocycles. The van der Waals surface area contributed by atoms with Crippen LogP contribution >= 0.6 is 0 Å². The minimum Gasteiger partial charge on any atom is -0.369 e. The number of halogens is 1. The van der Waals surface area contributed by atoms with Crippen molar-refractivity contribution in [2.75, 3.05) is 0 Å². The van der Waals surface area contributed by atoms with Gasteiger partial charge in [-0.05, 0) is 24.1 Å². The van der Waals surface area contributed by atoms with Crippen molar-refractivity contribution in [1.29, 1.82) is 0 Å². The molecule has 0 radical (unpaired) electrons. The van der Waals surface area contributed by atoms with Gasteiger partial charge in [-0.15, -0.1) is 0 Å². The standard InChI is InChI=1S/C16H18FNO/c1-12(14-5-3-2-4-6-14)19-11-15-8-7-13(10-18)9-16(15)17/h2-9,12H,10-11,18H2,1H3. The first-order chi connectivity index (χ1) is 9.20. The maximum Gasteiger partial charge on any atom is 0.129 e. The maximum absolute atomic E-state index is 13.8. The van der Waals surface area contributed by atoms with Gasteiger partial charge in [-0.1, -0.05) is 42.5 Å². The lowest BCUT2D eigenvalue weighted by molar-refractivity contribution is 0.0508. The van der Waals surface area contributed by atoms with Crippen LogP contribution < -0.4 is 5.73 Å². The fourth-order valence-corrected chi connectivity index (χ4v) is 1.87. The van der Waals surface area contributed by atoms with E-state index in [2.05, 4.69) is 0 Å². The molecule has 0 aliphatic carbocycles. The van der Waals surface area contributed by atoms with Crippen LogP contribution in [0.3, 0.4) is 0 Å². The molecule has 0 fully saturated rings. The maximum atomic E-state index is 13.8. The van der Waals surface area contributed by atoms with Gasteiger partial charge in [0.25, 0.3) is 0 Å². The first kappa shape index (κ1) is 13.7. The van der Waals surface area contributed by atoms with Gasteiger partial charge in [0.2, 0.25) is 0 Å². The van der Waals surface area contributed by atoms with Crippen LogP contribution in [-0.2, 0) is 17.9 Å². The van der Waals surface area contributed by atoms with Crippen molar-refractivity contribution in [3.63, 3.8) is 0 Å². The van der Waals surface area contributed by atoms with E-state index in [9.17, 15) is 4.39 Å². The molecule has 0 saturated heterocycles. The molecule has 2 aromatic rings. The summed E-state index contributed by atoms with van der Waals surface area (Å²) in [6.45, 7) is 2.56. The first-order valence-corrected chi connectivity index (χ1v) is 6.34. The number of benzene rings is 2. The zero-order chi connectivity index (χ0) is 13.7. The van der Waals surface area contributed by atoms with E-state index in [0.717, 1.165) is 11.1 Å². The van der Waals surface area contributed by atoms with Gasteiger partial charge >= 0.3 is 0 Å². The summed E-state index contributed by atoms with van der Waals surface area (Å²) >= 11 is 0. The lowest BCUT2D eigenvalue weighted by Gasteiger charge is -2.14. The van der Waals surface area contributed by atoms with Crippen LogP contribution in [0.2, 0.25) is 0 Å². The summed E-state index contributed by atoms with van der Waals surface area (Å²) in [7, 11) is 0. The Hall–Kier alpha value is -1.71. The highest BCUT2D eigenvalue weighted by Crippen LogP contribution is 2.19. The largest absolute Gasteiger partial charge is 0.369 e. The second kappa shape index (κ2) is 6.45. The van der Waals surface area contributed by atoms with E-state index in [-0.39, 0.29) is 18.5 Å². The highest BCUT2D eigenvalue weighted by Gasteiger charge is 2.08. The molecule has 0 heterocycles. The lowest BCUT2D eigenvalue weighted by Crippen LogP contribution is -2.03. The van der Waals surface area contributed by atoms with E-state index in [0.29, 0.717) is 12.1 Å². The minimum atomic E-state index is -0.261. The molecule has 2 nitrogen and oxygen atoms in total. The van der Waals surface area contributed by atoms with Crippen LogP contribution in [0.5, 0.6) is 0 Å². The van der Waals surface area contributed by atoms with Gasteiger partial charge in [0.1, 0.15) is 5.82 Å². The Morgan fingerprint density at radius 3 is 2.53 bits per heavy atom. The van der Waals surface area contributed by atoms with Crippen molar-refractivity contribution in [2.45, 2.75) is 26.2 Å². The number of hydrogen-bond acceptors (Lipinski definition) is 2. The average molecular weight is 259 g/mol. The zero-order valence-electron chi connectivity index (χ0n) is 11.0. The van der Waals surface area contributed by atoms with E-state index >= 15 is 0 Å². The van der Waals surface area contributed by atoms with Crippen molar-refractivity contribution in [1.82, 2.24) is 0 Å². The van der Waals surface area contributed by atoms with Gasteiger partial charge < -0.3 is 10.5 Å². The van der Waals surface area contributed by atoms with Crippen molar-refractivity contribution < 1.29 is 9.13 Å². The van der Waals surface area contributed by atoms with Crippen molar-refractivity contribution in [3.05, 3.63) is 71.0 Å². The summed E-state index contributed by atoms with van der Waals surface area (Å²) in [4.78, 5) is 0. The quantitative estimate of drug-likeness (QED) is 0.891. The molecule has 0 bridgehead atoms. The van der Waals surface area contributed by atoms with Crippen LogP contribution in [0.1, 0.15) is 29.7 Å². The second-order valence-electron chi connectivity index (χ2n) is 4.49. The van der Waals surface area contributed by atoms with Crippen LogP contribution in [0.4, 0.5) is 4.39 Å². The molecule has 3 heteroatoms.